The number of amides is 1. The van der Waals surface area contributed by atoms with Crippen LogP contribution >= 0.6 is 23.2 Å². The van der Waals surface area contributed by atoms with Crippen LogP contribution in [0.3, 0.4) is 0 Å². The van der Waals surface area contributed by atoms with Gasteiger partial charge in [-0.25, -0.2) is 8.42 Å². The second kappa shape index (κ2) is 8.63. The molecule has 1 amide bonds. The monoisotopic (exact) mass is 474 g/mol. The number of carbonyl (C=O) groups is 1. The SMILES string of the molecule is Cc1ccc(S(=O)(=O)N2CCc3ccc(NC(=O)c4ccc(Cl)cc4Cl)cc3C2)cc1. The lowest BCUT2D eigenvalue weighted by Crippen LogP contribution is -2.36. The molecule has 0 unspecified atom stereocenters. The largest absolute Gasteiger partial charge is 0.322 e. The van der Waals surface area contributed by atoms with Gasteiger partial charge in [-0.1, -0.05) is 47.0 Å². The summed E-state index contributed by atoms with van der Waals surface area (Å²) in [6.45, 7) is 2.58. The lowest BCUT2D eigenvalue weighted by molar-refractivity contribution is 0.102. The maximum absolute atomic E-state index is 13.1. The smallest absolute Gasteiger partial charge is 0.257 e. The standard InChI is InChI=1S/C23H20Cl2N2O3S/c1-15-2-7-20(8-3-15)31(29,30)27-11-10-16-4-6-19(12-17(16)14-27)26-23(28)21-9-5-18(24)13-22(21)25/h2-9,12-13H,10-11,14H2,1H3,(H,26,28). The van der Waals surface area contributed by atoms with Gasteiger partial charge in [-0.05, 0) is 66.9 Å². The van der Waals surface area contributed by atoms with Gasteiger partial charge in [0.15, 0.2) is 0 Å². The Labute approximate surface area is 191 Å². The number of benzene rings is 3. The van der Waals surface area contributed by atoms with E-state index >= 15 is 0 Å². The van der Waals surface area contributed by atoms with Gasteiger partial charge in [-0.2, -0.15) is 4.31 Å². The van der Waals surface area contributed by atoms with Gasteiger partial charge in [-0.3, -0.25) is 4.79 Å². The average molecular weight is 475 g/mol. The third kappa shape index (κ3) is 4.62. The van der Waals surface area contributed by atoms with E-state index in [4.69, 9.17) is 23.2 Å². The van der Waals surface area contributed by atoms with Crippen molar-refractivity contribution >= 4 is 44.8 Å². The Morgan fingerprint density at radius 1 is 0.968 bits per heavy atom. The van der Waals surface area contributed by atoms with Crippen molar-refractivity contribution in [2.75, 3.05) is 11.9 Å². The van der Waals surface area contributed by atoms with Gasteiger partial charge in [0, 0.05) is 23.8 Å². The van der Waals surface area contributed by atoms with E-state index in [-0.39, 0.29) is 22.4 Å². The summed E-state index contributed by atoms with van der Waals surface area (Å²) in [5.74, 6) is -0.360. The molecule has 0 fully saturated rings. The first-order valence-electron chi connectivity index (χ1n) is 9.69. The van der Waals surface area contributed by atoms with Crippen molar-refractivity contribution in [3.05, 3.63) is 93.0 Å². The van der Waals surface area contributed by atoms with Gasteiger partial charge in [0.25, 0.3) is 5.91 Å². The van der Waals surface area contributed by atoms with Crippen LogP contribution in [0.25, 0.3) is 0 Å². The number of nitrogens with zero attached hydrogens (tertiary/aromatic N) is 1. The quantitative estimate of drug-likeness (QED) is 0.557. The molecule has 4 rings (SSSR count). The summed E-state index contributed by atoms with van der Waals surface area (Å²) in [6, 6.07) is 17.1. The van der Waals surface area contributed by atoms with Crippen molar-refractivity contribution in [2.45, 2.75) is 24.8 Å². The summed E-state index contributed by atoms with van der Waals surface area (Å²) in [7, 11) is -3.59. The number of fused-ring (bicyclic) bond motifs is 1. The fraction of sp³-hybridized carbons (Fsp3) is 0.174. The maximum Gasteiger partial charge on any atom is 0.257 e. The van der Waals surface area contributed by atoms with E-state index in [1.54, 1.807) is 36.4 Å². The second-order valence-corrected chi connectivity index (χ2v) is 10.2. The van der Waals surface area contributed by atoms with E-state index in [0.717, 1.165) is 16.7 Å². The van der Waals surface area contributed by atoms with Crippen LogP contribution in [0.1, 0.15) is 27.0 Å². The Hall–Kier alpha value is -2.38. The zero-order chi connectivity index (χ0) is 22.2. The van der Waals surface area contributed by atoms with Crippen molar-refractivity contribution in [2.24, 2.45) is 0 Å². The minimum Gasteiger partial charge on any atom is -0.322 e. The van der Waals surface area contributed by atoms with Crippen LogP contribution in [-0.4, -0.2) is 25.2 Å². The third-order valence-electron chi connectivity index (χ3n) is 5.28. The van der Waals surface area contributed by atoms with Crippen LogP contribution in [0.4, 0.5) is 5.69 Å². The first kappa shape index (κ1) is 21.8. The van der Waals surface area contributed by atoms with E-state index in [2.05, 4.69) is 5.32 Å². The van der Waals surface area contributed by atoms with Crippen molar-refractivity contribution in [1.82, 2.24) is 4.31 Å². The molecular formula is C23H20Cl2N2O3S. The molecule has 5 nitrogen and oxygen atoms in total. The highest BCUT2D eigenvalue weighted by Crippen LogP contribution is 2.28. The molecule has 1 aliphatic heterocycles. The Kier molecular flexibility index (Phi) is 6.08. The molecule has 0 bridgehead atoms. The van der Waals surface area contributed by atoms with Gasteiger partial charge in [-0.15, -0.1) is 0 Å². The molecule has 0 radical (unpaired) electrons. The minimum absolute atomic E-state index is 0.247. The molecule has 0 atom stereocenters. The number of rotatable bonds is 4. The van der Waals surface area contributed by atoms with Crippen LogP contribution in [0, 0.1) is 6.92 Å². The predicted octanol–water partition coefficient (Wildman–Crippen LogP) is 5.30. The number of aryl methyl sites for hydroxylation is 1. The Morgan fingerprint density at radius 3 is 2.42 bits per heavy atom. The van der Waals surface area contributed by atoms with Gasteiger partial charge in [0.1, 0.15) is 0 Å². The molecule has 1 N–H and O–H groups in total. The number of sulfonamides is 1. The second-order valence-electron chi connectivity index (χ2n) is 7.46. The molecule has 0 saturated heterocycles. The van der Waals surface area contributed by atoms with E-state index in [0.29, 0.717) is 29.2 Å². The molecule has 3 aromatic carbocycles. The lowest BCUT2D eigenvalue weighted by atomic mass is 10.0. The highest BCUT2D eigenvalue weighted by molar-refractivity contribution is 7.89. The molecule has 0 aliphatic carbocycles. The summed E-state index contributed by atoms with van der Waals surface area (Å²) < 4.78 is 27.6. The summed E-state index contributed by atoms with van der Waals surface area (Å²) in [4.78, 5) is 12.9. The molecule has 1 aliphatic rings. The number of anilines is 1. The zero-order valence-corrected chi connectivity index (χ0v) is 19.1. The van der Waals surface area contributed by atoms with Crippen LogP contribution in [0.15, 0.2) is 65.6 Å². The van der Waals surface area contributed by atoms with E-state index in [1.165, 1.54) is 10.4 Å². The van der Waals surface area contributed by atoms with Gasteiger partial charge >= 0.3 is 0 Å². The summed E-state index contributed by atoms with van der Waals surface area (Å²) in [5.41, 5.74) is 3.82. The summed E-state index contributed by atoms with van der Waals surface area (Å²) in [6.07, 6.45) is 0.609. The highest BCUT2D eigenvalue weighted by Gasteiger charge is 2.28. The molecule has 0 saturated carbocycles. The molecule has 1 heterocycles. The minimum atomic E-state index is -3.59. The molecular weight excluding hydrogens is 455 g/mol. The van der Waals surface area contributed by atoms with E-state index in [1.807, 2.05) is 25.1 Å². The third-order valence-corrected chi connectivity index (χ3v) is 7.68. The van der Waals surface area contributed by atoms with Gasteiger partial charge in [0.2, 0.25) is 10.0 Å². The van der Waals surface area contributed by atoms with Crippen molar-refractivity contribution in [3.63, 3.8) is 0 Å². The van der Waals surface area contributed by atoms with Crippen molar-refractivity contribution < 1.29 is 13.2 Å². The topological polar surface area (TPSA) is 66.5 Å². The highest BCUT2D eigenvalue weighted by atomic mass is 35.5. The van der Waals surface area contributed by atoms with Crippen molar-refractivity contribution in [3.8, 4) is 0 Å². The van der Waals surface area contributed by atoms with E-state index in [9.17, 15) is 13.2 Å². The number of hydrogen-bond acceptors (Lipinski definition) is 3. The van der Waals surface area contributed by atoms with Crippen LogP contribution in [0.5, 0.6) is 0 Å². The Balaban J connectivity index is 1.55. The van der Waals surface area contributed by atoms with Crippen molar-refractivity contribution in [1.29, 1.82) is 0 Å². The number of halogens is 2. The number of nitrogens with one attached hydrogen (secondary N) is 1. The molecule has 0 spiro atoms. The first-order valence-corrected chi connectivity index (χ1v) is 11.9. The molecule has 3 aromatic rings. The first-order chi connectivity index (χ1) is 14.7. The molecule has 160 valence electrons. The average Bonchev–Trinajstić information content (AvgIpc) is 2.73. The summed E-state index contributed by atoms with van der Waals surface area (Å²) in [5, 5.41) is 3.54. The van der Waals surface area contributed by atoms with Crippen LogP contribution in [-0.2, 0) is 23.0 Å². The summed E-state index contributed by atoms with van der Waals surface area (Å²) >= 11 is 12.0. The molecule has 8 heteroatoms. The van der Waals surface area contributed by atoms with Crippen LogP contribution < -0.4 is 5.32 Å². The molecule has 31 heavy (non-hydrogen) atoms. The fourth-order valence-electron chi connectivity index (χ4n) is 3.55. The predicted molar refractivity (Wildman–Crippen MR) is 123 cm³/mol. The van der Waals surface area contributed by atoms with Gasteiger partial charge < -0.3 is 5.32 Å². The normalized spacial score (nSPS) is 14.2. The number of hydrogen-bond donors (Lipinski definition) is 1. The Bertz CT molecular complexity index is 1260. The van der Waals surface area contributed by atoms with E-state index < -0.39 is 10.0 Å². The van der Waals surface area contributed by atoms with Crippen LogP contribution in [0.2, 0.25) is 10.0 Å². The van der Waals surface area contributed by atoms with Gasteiger partial charge in [0.05, 0.1) is 15.5 Å². The Morgan fingerprint density at radius 2 is 1.71 bits per heavy atom. The maximum atomic E-state index is 13.1. The lowest BCUT2D eigenvalue weighted by Gasteiger charge is -2.28. The fourth-order valence-corrected chi connectivity index (χ4v) is 5.46. The molecule has 0 aromatic heterocycles. The zero-order valence-electron chi connectivity index (χ0n) is 16.7. The number of carbonyl (C=O) groups excluding carboxylic acids is 1.